The molecule has 0 aliphatic heterocycles. The van der Waals surface area contributed by atoms with E-state index in [2.05, 4.69) is 9.88 Å². The second kappa shape index (κ2) is 7.51. The largest absolute Gasteiger partial charge is 0.497 e. The van der Waals surface area contributed by atoms with E-state index in [0.717, 1.165) is 17.0 Å². The fourth-order valence-corrected chi connectivity index (χ4v) is 2.69. The van der Waals surface area contributed by atoms with Crippen LogP contribution in [0.1, 0.15) is 18.0 Å². The second-order valence-corrected chi connectivity index (χ2v) is 5.54. The molecule has 0 saturated heterocycles. The van der Waals surface area contributed by atoms with Gasteiger partial charge < -0.3 is 14.6 Å². The molecule has 1 aromatic heterocycles. The average Bonchev–Trinajstić information content (AvgIpc) is 3.15. The first-order chi connectivity index (χ1) is 11.8. The number of benzene rings is 2. The Bertz CT molecular complexity index is 765. The first-order valence-electron chi connectivity index (χ1n) is 7.87. The Morgan fingerprint density at radius 1 is 1.00 bits per heavy atom. The molecule has 3 rings (SSSR count). The Kier molecular flexibility index (Phi) is 4.96. The Balaban J connectivity index is 1.73. The number of carbonyl (C=O) groups excluding carboxylic acids is 1. The molecule has 4 heteroatoms. The van der Waals surface area contributed by atoms with Crippen molar-refractivity contribution >= 4 is 11.6 Å². The maximum Gasteiger partial charge on any atom is 0.226 e. The van der Waals surface area contributed by atoms with Crippen LogP contribution in [0.25, 0.3) is 0 Å². The van der Waals surface area contributed by atoms with Crippen molar-refractivity contribution in [2.24, 2.45) is 0 Å². The quantitative estimate of drug-likeness (QED) is 0.742. The molecule has 122 valence electrons. The third kappa shape index (κ3) is 3.84. The number of hydrogen-bond acceptors (Lipinski definition) is 2. The van der Waals surface area contributed by atoms with Crippen molar-refractivity contribution in [3.05, 3.63) is 84.7 Å². The minimum atomic E-state index is -0.0283. The van der Waals surface area contributed by atoms with E-state index in [1.807, 2.05) is 79.1 Å². The maximum absolute atomic E-state index is 12.5. The maximum atomic E-state index is 12.5. The molecule has 0 saturated carbocycles. The minimum absolute atomic E-state index is 0.0253. The Morgan fingerprint density at radius 2 is 1.67 bits per heavy atom. The number of methoxy groups -OCH3 is 1. The van der Waals surface area contributed by atoms with Gasteiger partial charge in [-0.2, -0.15) is 0 Å². The lowest BCUT2D eigenvalue weighted by atomic mass is 10.0. The van der Waals surface area contributed by atoms with Crippen molar-refractivity contribution < 1.29 is 9.53 Å². The van der Waals surface area contributed by atoms with E-state index < -0.39 is 0 Å². The van der Waals surface area contributed by atoms with Gasteiger partial charge in [-0.1, -0.05) is 30.3 Å². The zero-order valence-electron chi connectivity index (χ0n) is 13.6. The molecule has 0 spiro atoms. The van der Waals surface area contributed by atoms with Gasteiger partial charge in [-0.25, -0.2) is 0 Å². The number of nitrogens with zero attached hydrogens (tertiary/aromatic N) is 1. The zero-order valence-corrected chi connectivity index (χ0v) is 13.6. The fourth-order valence-electron chi connectivity index (χ4n) is 2.69. The topological polar surface area (TPSA) is 43.3 Å². The van der Waals surface area contributed by atoms with Crippen molar-refractivity contribution in [3.8, 4) is 5.75 Å². The molecular formula is C20H20N2O2. The Labute approximate surface area is 141 Å². The predicted octanol–water partition coefficient (Wildman–Crippen LogP) is 4.11. The lowest BCUT2D eigenvalue weighted by Crippen LogP contribution is -2.19. The molecule has 0 bridgehead atoms. The number of hydrogen-bond donors (Lipinski definition) is 1. The van der Waals surface area contributed by atoms with Crippen LogP contribution in [0.4, 0.5) is 5.69 Å². The van der Waals surface area contributed by atoms with Gasteiger partial charge in [0, 0.05) is 18.1 Å². The molecule has 24 heavy (non-hydrogen) atoms. The highest BCUT2D eigenvalue weighted by Crippen LogP contribution is 2.23. The molecular weight excluding hydrogens is 300 g/mol. The number of carbonyl (C=O) groups is 1. The summed E-state index contributed by atoms with van der Waals surface area (Å²) >= 11 is 0. The smallest absolute Gasteiger partial charge is 0.226 e. The third-order valence-corrected chi connectivity index (χ3v) is 3.92. The molecule has 1 amide bonds. The van der Waals surface area contributed by atoms with Crippen molar-refractivity contribution in [3.63, 3.8) is 0 Å². The van der Waals surface area contributed by atoms with Crippen LogP contribution in [0.3, 0.4) is 0 Å². The van der Waals surface area contributed by atoms with Crippen LogP contribution in [0.2, 0.25) is 0 Å². The highest BCUT2D eigenvalue weighted by Gasteiger charge is 2.17. The normalized spacial score (nSPS) is 11.7. The van der Waals surface area contributed by atoms with E-state index in [-0.39, 0.29) is 11.9 Å². The molecule has 0 aliphatic rings. The zero-order chi connectivity index (χ0) is 16.8. The lowest BCUT2D eigenvalue weighted by molar-refractivity contribution is -0.116. The van der Waals surface area contributed by atoms with Gasteiger partial charge in [0.1, 0.15) is 5.75 Å². The van der Waals surface area contributed by atoms with Gasteiger partial charge in [-0.15, -0.1) is 0 Å². The summed E-state index contributed by atoms with van der Waals surface area (Å²) in [4.78, 5) is 12.5. The van der Waals surface area contributed by atoms with Crippen molar-refractivity contribution in [1.29, 1.82) is 0 Å². The number of nitrogens with one attached hydrogen (secondary N) is 1. The molecule has 1 atom stereocenters. The summed E-state index contributed by atoms with van der Waals surface area (Å²) in [6, 6.07) is 21.3. The van der Waals surface area contributed by atoms with E-state index in [1.165, 1.54) is 0 Å². The summed E-state index contributed by atoms with van der Waals surface area (Å²) in [6.45, 7) is 0. The van der Waals surface area contributed by atoms with E-state index >= 15 is 0 Å². The highest BCUT2D eigenvalue weighted by molar-refractivity contribution is 5.91. The molecule has 0 fully saturated rings. The summed E-state index contributed by atoms with van der Waals surface area (Å²) in [6.07, 6.45) is 4.33. The lowest BCUT2D eigenvalue weighted by Gasteiger charge is -2.19. The van der Waals surface area contributed by atoms with Crippen LogP contribution in [-0.4, -0.2) is 17.6 Å². The van der Waals surface area contributed by atoms with Crippen molar-refractivity contribution in [2.45, 2.75) is 12.5 Å². The molecule has 1 heterocycles. The van der Waals surface area contributed by atoms with Crippen LogP contribution >= 0.6 is 0 Å². The summed E-state index contributed by atoms with van der Waals surface area (Å²) in [5.41, 5.74) is 1.87. The summed E-state index contributed by atoms with van der Waals surface area (Å²) in [5.74, 6) is 0.741. The highest BCUT2D eigenvalue weighted by atomic mass is 16.5. The first kappa shape index (κ1) is 15.9. The van der Waals surface area contributed by atoms with Crippen LogP contribution in [0.15, 0.2) is 79.1 Å². The summed E-state index contributed by atoms with van der Waals surface area (Å²) in [5, 5.41) is 2.95. The molecule has 0 radical (unpaired) electrons. The average molecular weight is 320 g/mol. The fraction of sp³-hybridized carbons (Fsp3) is 0.150. The molecule has 1 N–H and O–H groups in total. The van der Waals surface area contributed by atoms with Gasteiger partial charge in [0.15, 0.2) is 0 Å². The first-order valence-corrected chi connectivity index (χ1v) is 7.87. The third-order valence-electron chi connectivity index (χ3n) is 3.92. The number of amides is 1. The summed E-state index contributed by atoms with van der Waals surface area (Å²) < 4.78 is 7.19. The van der Waals surface area contributed by atoms with Crippen LogP contribution < -0.4 is 10.1 Å². The monoisotopic (exact) mass is 320 g/mol. The van der Waals surface area contributed by atoms with Crippen molar-refractivity contribution in [2.75, 3.05) is 12.4 Å². The van der Waals surface area contributed by atoms with Gasteiger partial charge in [-0.05, 0) is 42.0 Å². The van der Waals surface area contributed by atoms with Gasteiger partial charge >= 0.3 is 0 Å². The molecule has 0 unspecified atom stereocenters. The Morgan fingerprint density at radius 3 is 2.29 bits per heavy atom. The van der Waals surface area contributed by atoms with E-state index in [9.17, 15) is 4.79 Å². The van der Waals surface area contributed by atoms with E-state index in [4.69, 9.17) is 4.74 Å². The Hall–Kier alpha value is -3.01. The van der Waals surface area contributed by atoms with Crippen LogP contribution in [0.5, 0.6) is 5.75 Å². The predicted molar refractivity (Wildman–Crippen MR) is 95.3 cm³/mol. The number of ether oxygens (including phenoxy) is 1. The molecule has 4 nitrogen and oxygen atoms in total. The summed E-state index contributed by atoms with van der Waals surface area (Å²) in [7, 11) is 1.62. The number of aromatic nitrogens is 1. The number of anilines is 1. The molecule has 0 aliphatic carbocycles. The SMILES string of the molecule is COc1ccc(NC(=O)C[C@H](c2ccccc2)n2cccc2)cc1. The van der Waals surface area contributed by atoms with E-state index in [0.29, 0.717) is 6.42 Å². The van der Waals surface area contributed by atoms with Crippen LogP contribution in [0, 0.1) is 0 Å². The van der Waals surface area contributed by atoms with Crippen LogP contribution in [-0.2, 0) is 4.79 Å². The van der Waals surface area contributed by atoms with Gasteiger partial charge in [0.2, 0.25) is 5.91 Å². The molecule has 2 aromatic carbocycles. The van der Waals surface area contributed by atoms with Gasteiger partial charge in [-0.3, -0.25) is 4.79 Å². The minimum Gasteiger partial charge on any atom is -0.497 e. The standard InChI is InChI=1S/C20H20N2O2/c1-24-18-11-9-17(10-12-18)21-20(23)15-19(22-13-5-6-14-22)16-7-3-2-4-8-16/h2-14,19H,15H2,1H3,(H,21,23)/t19-/m1/s1. The van der Waals surface area contributed by atoms with Gasteiger partial charge in [0.05, 0.1) is 19.6 Å². The van der Waals surface area contributed by atoms with Gasteiger partial charge in [0.25, 0.3) is 0 Å². The number of rotatable bonds is 6. The van der Waals surface area contributed by atoms with Crippen molar-refractivity contribution in [1.82, 2.24) is 4.57 Å². The second-order valence-electron chi connectivity index (χ2n) is 5.54. The van der Waals surface area contributed by atoms with E-state index in [1.54, 1.807) is 7.11 Å². The molecule has 3 aromatic rings.